The number of hydrogen-bond acceptors (Lipinski definition) is 6. The summed E-state index contributed by atoms with van der Waals surface area (Å²) in [5, 5.41) is 14.8. The zero-order chi connectivity index (χ0) is 13.6. The Morgan fingerprint density at radius 3 is 3.05 bits per heavy atom. The van der Waals surface area contributed by atoms with Gasteiger partial charge in [-0.2, -0.15) is 0 Å². The van der Waals surface area contributed by atoms with Crippen LogP contribution in [0, 0.1) is 16.0 Å². The lowest BCUT2D eigenvalue weighted by molar-refractivity contribution is -0.391. The van der Waals surface area contributed by atoms with Crippen LogP contribution in [0.4, 0.5) is 5.82 Å². The number of nitro groups is 1. The van der Waals surface area contributed by atoms with E-state index in [0.29, 0.717) is 30.8 Å². The van der Waals surface area contributed by atoms with Crippen LogP contribution in [0.1, 0.15) is 25.1 Å². The topological polar surface area (TPSA) is 99.6 Å². The molecule has 1 aliphatic heterocycles. The first kappa shape index (κ1) is 11.8. The largest absolute Gasteiger partial charge is 0.391 e. The Hall–Kier alpha value is -2.25. The van der Waals surface area contributed by atoms with Gasteiger partial charge in [-0.05, 0) is 11.3 Å². The monoisotopic (exact) mass is 264 g/mol. The minimum atomic E-state index is -0.504. The molecule has 100 valence electrons. The van der Waals surface area contributed by atoms with Gasteiger partial charge in [0.1, 0.15) is 18.1 Å². The summed E-state index contributed by atoms with van der Waals surface area (Å²) in [6, 6.07) is 0. The van der Waals surface area contributed by atoms with Gasteiger partial charge in [-0.1, -0.05) is 5.16 Å². The van der Waals surface area contributed by atoms with E-state index >= 15 is 0 Å². The molecule has 1 aromatic rings. The van der Waals surface area contributed by atoms with E-state index in [9.17, 15) is 14.9 Å². The number of carbonyl (C=O) groups excluding carboxylic acids is 1. The van der Waals surface area contributed by atoms with Crippen molar-refractivity contribution in [2.45, 2.75) is 25.4 Å². The van der Waals surface area contributed by atoms with Gasteiger partial charge in [-0.3, -0.25) is 4.79 Å². The van der Waals surface area contributed by atoms with Gasteiger partial charge in [0.15, 0.2) is 5.71 Å². The molecule has 2 unspecified atom stereocenters. The van der Waals surface area contributed by atoms with Gasteiger partial charge >= 0.3 is 5.82 Å². The maximum absolute atomic E-state index is 11.5. The molecule has 0 aromatic carbocycles. The summed E-state index contributed by atoms with van der Waals surface area (Å²) in [5.74, 6) is 0.322. The second kappa shape index (κ2) is 4.15. The van der Waals surface area contributed by atoms with Gasteiger partial charge in [-0.15, -0.1) is 0 Å². The number of imidazole rings is 1. The van der Waals surface area contributed by atoms with Crippen LogP contribution in [-0.2, 0) is 16.7 Å². The predicted octanol–water partition coefficient (Wildman–Crippen LogP) is 0.800. The fourth-order valence-corrected chi connectivity index (χ4v) is 2.59. The van der Waals surface area contributed by atoms with E-state index in [-0.39, 0.29) is 23.6 Å². The van der Waals surface area contributed by atoms with Crippen molar-refractivity contribution in [1.29, 1.82) is 0 Å². The first-order valence-corrected chi connectivity index (χ1v) is 6.00. The van der Waals surface area contributed by atoms with Crippen molar-refractivity contribution in [3.8, 4) is 0 Å². The number of fused-ring (bicyclic) bond motifs is 1. The SMILES string of the molecule is Cn1c([N+](=O)[O-])cnc1C1=NOC2CCC(=O)CC12. The summed E-state index contributed by atoms with van der Waals surface area (Å²) >= 11 is 0. The molecule has 0 amide bonds. The fraction of sp³-hybridized carbons (Fsp3) is 0.545. The summed E-state index contributed by atoms with van der Waals surface area (Å²) < 4.78 is 1.36. The second-order valence-corrected chi connectivity index (χ2v) is 4.76. The quantitative estimate of drug-likeness (QED) is 0.581. The average Bonchev–Trinajstić information content (AvgIpc) is 2.92. The van der Waals surface area contributed by atoms with Crippen LogP contribution in [0.15, 0.2) is 11.4 Å². The molecule has 1 saturated carbocycles. The maximum Gasteiger partial charge on any atom is 0.342 e. The number of ketones is 1. The predicted molar refractivity (Wildman–Crippen MR) is 63.6 cm³/mol. The summed E-state index contributed by atoms with van der Waals surface area (Å²) in [6.45, 7) is 0. The van der Waals surface area contributed by atoms with Gasteiger partial charge in [0, 0.05) is 12.8 Å². The number of rotatable bonds is 2. The zero-order valence-electron chi connectivity index (χ0n) is 10.3. The van der Waals surface area contributed by atoms with Crippen LogP contribution in [0.25, 0.3) is 0 Å². The molecule has 1 fully saturated rings. The minimum absolute atomic E-state index is 0.108. The molecule has 8 nitrogen and oxygen atoms in total. The number of carbonyl (C=O) groups is 1. The molecule has 8 heteroatoms. The minimum Gasteiger partial charge on any atom is -0.391 e. The highest BCUT2D eigenvalue weighted by Crippen LogP contribution is 2.33. The van der Waals surface area contributed by atoms with E-state index in [4.69, 9.17) is 4.84 Å². The Morgan fingerprint density at radius 2 is 2.37 bits per heavy atom. The number of nitrogens with zero attached hydrogens (tertiary/aromatic N) is 4. The van der Waals surface area contributed by atoms with Gasteiger partial charge in [0.25, 0.3) is 0 Å². The van der Waals surface area contributed by atoms with E-state index in [2.05, 4.69) is 10.1 Å². The molecule has 2 aliphatic rings. The maximum atomic E-state index is 11.5. The molecule has 1 aliphatic carbocycles. The Morgan fingerprint density at radius 1 is 1.58 bits per heavy atom. The molecule has 0 bridgehead atoms. The molecule has 2 atom stereocenters. The first-order chi connectivity index (χ1) is 9.08. The molecule has 19 heavy (non-hydrogen) atoms. The van der Waals surface area contributed by atoms with E-state index in [1.54, 1.807) is 7.05 Å². The van der Waals surface area contributed by atoms with Crippen LogP contribution in [0.2, 0.25) is 0 Å². The highest BCUT2D eigenvalue weighted by atomic mass is 16.6. The Labute approximate surface area is 108 Å². The summed E-state index contributed by atoms with van der Waals surface area (Å²) in [6.07, 6.45) is 2.59. The average molecular weight is 264 g/mol. The standard InChI is InChI=1S/C11H12N4O4/c1-14-9(15(17)18)5-12-11(14)10-7-4-6(16)2-3-8(7)19-13-10/h5,7-8H,2-4H2,1H3. The molecule has 1 aromatic heterocycles. The molecule has 0 N–H and O–H groups in total. The third-order valence-corrected chi connectivity index (χ3v) is 3.62. The lowest BCUT2D eigenvalue weighted by Gasteiger charge is -2.21. The van der Waals surface area contributed by atoms with E-state index < -0.39 is 4.92 Å². The Bertz CT molecular complexity index is 592. The van der Waals surface area contributed by atoms with E-state index in [1.165, 1.54) is 10.8 Å². The van der Waals surface area contributed by atoms with Crippen molar-refractivity contribution in [2.75, 3.05) is 0 Å². The van der Waals surface area contributed by atoms with Crippen molar-refractivity contribution in [1.82, 2.24) is 9.55 Å². The zero-order valence-corrected chi connectivity index (χ0v) is 10.3. The van der Waals surface area contributed by atoms with Gasteiger partial charge in [0.2, 0.25) is 5.82 Å². The molecular weight excluding hydrogens is 252 g/mol. The molecule has 0 radical (unpaired) electrons. The molecular formula is C11H12N4O4. The number of hydrogen-bond donors (Lipinski definition) is 0. The Balaban J connectivity index is 1.94. The third-order valence-electron chi connectivity index (χ3n) is 3.62. The molecule has 0 saturated heterocycles. The molecule has 0 spiro atoms. The normalized spacial score (nSPS) is 25.7. The highest BCUT2D eigenvalue weighted by Gasteiger charge is 2.42. The van der Waals surface area contributed by atoms with E-state index in [1.807, 2.05) is 0 Å². The molecule has 3 rings (SSSR count). The van der Waals surface area contributed by atoms with Gasteiger partial charge in [-0.25, -0.2) is 9.55 Å². The molecule has 2 heterocycles. The van der Waals surface area contributed by atoms with Gasteiger partial charge < -0.3 is 15.0 Å². The van der Waals surface area contributed by atoms with Crippen LogP contribution in [0.3, 0.4) is 0 Å². The van der Waals surface area contributed by atoms with E-state index in [0.717, 1.165) is 0 Å². The third kappa shape index (κ3) is 1.79. The van der Waals surface area contributed by atoms with Gasteiger partial charge in [0.05, 0.1) is 13.0 Å². The number of Topliss-reactive ketones (excluding diaryl/α,β-unsaturated/α-hetero) is 1. The summed E-state index contributed by atoms with van der Waals surface area (Å²) in [5.41, 5.74) is 0.536. The second-order valence-electron chi connectivity index (χ2n) is 4.76. The highest BCUT2D eigenvalue weighted by molar-refractivity contribution is 6.03. The van der Waals surface area contributed by atoms with Crippen LogP contribution >= 0.6 is 0 Å². The van der Waals surface area contributed by atoms with Crippen molar-refractivity contribution in [3.05, 3.63) is 22.1 Å². The first-order valence-electron chi connectivity index (χ1n) is 6.00. The van der Waals surface area contributed by atoms with Crippen LogP contribution in [-0.4, -0.2) is 32.1 Å². The van der Waals surface area contributed by atoms with Crippen molar-refractivity contribution in [2.24, 2.45) is 18.1 Å². The lowest BCUT2D eigenvalue weighted by atomic mass is 9.83. The fourth-order valence-electron chi connectivity index (χ4n) is 2.59. The number of aromatic nitrogens is 2. The lowest BCUT2D eigenvalue weighted by Crippen LogP contribution is -2.32. The summed E-state index contributed by atoms with van der Waals surface area (Å²) in [7, 11) is 1.56. The number of oxime groups is 1. The Kier molecular flexibility index (Phi) is 2.58. The van der Waals surface area contributed by atoms with Crippen molar-refractivity contribution in [3.63, 3.8) is 0 Å². The van der Waals surface area contributed by atoms with Crippen LogP contribution < -0.4 is 0 Å². The van der Waals surface area contributed by atoms with Crippen molar-refractivity contribution < 1.29 is 14.6 Å². The van der Waals surface area contributed by atoms with Crippen LogP contribution in [0.5, 0.6) is 0 Å². The summed E-state index contributed by atoms with van der Waals surface area (Å²) in [4.78, 5) is 31.2. The smallest absolute Gasteiger partial charge is 0.342 e. The van der Waals surface area contributed by atoms with Crippen molar-refractivity contribution >= 4 is 17.3 Å².